The van der Waals surface area contributed by atoms with Crippen molar-refractivity contribution in [2.45, 2.75) is 26.7 Å². The van der Waals surface area contributed by atoms with Gasteiger partial charge in [0.15, 0.2) is 0 Å². The van der Waals surface area contributed by atoms with Crippen LogP contribution in [0.1, 0.15) is 36.5 Å². The Kier molecular flexibility index (Phi) is 7.21. The van der Waals surface area contributed by atoms with Crippen LogP contribution in [0.25, 0.3) is 0 Å². The molecule has 0 saturated carbocycles. The average Bonchev–Trinajstić information content (AvgIpc) is 2.61. The molecular formula is C20H24ClN3O3S. The van der Waals surface area contributed by atoms with Crippen LogP contribution in [-0.2, 0) is 14.8 Å². The number of sulfonamides is 1. The van der Waals surface area contributed by atoms with Crippen molar-refractivity contribution in [3.63, 3.8) is 0 Å². The first-order valence-electron chi connectivity index (χ1n) is 8.73. The quantitative estimate of drug-likeness (QED) is 0.547. The Balaban J connectivity index is 2.06. The van der Waals surface area contributed by atoms with Gasteiger partial charge < -0.3 is 0 Å². The van der Waals surface area contributed by atoms with Crippen LogP contribution in [0.15, 0.2) is 47.6 Å². The highest BCUT2D eigenvalue weighted by Crippen LogP contribution is 2.24. The number of benzene rings is 2. The monoisotopic (exact) mass is 421 g/mol. The number of halogens is 1. The third-order valence-corrected chi connectivity index (χ3v) is 5.68. The minimum Gasteiger partial charge on any atom is -0.271 e. The highest BCUT2D eigenvalue weighted by atomic mass is 35.5. The summed E-state index contributed by atoms with van der Waals surface area (Å²) in [6.45, 7) is 5.63. The van der Waals surface area contributed by atoms with Gasteiger partial charge in [0.25, 0.3) is 5.91 Å². The molecule has 0 saturated heterocycles. The molecule has 0 aliphatic heterocycles. The fourth-order valence-electron chi connectivity index (χ4n) is 2.45. The predicted molar refractivity (Wildman–Crippen MR) is 115 cm³/mol. The van der Waals surface area contributed by atoms with E-state index >= 15 is 0 Å². The van der Waals surface area contributed by atoms with Gasteiger partial charge in [-0.05, 0) is 41.7 Å². The molecule has 2 aromatic carbocycles. The first-order valence-corrected chi connectivity index (χ1v) is 11.0. The summed E-state index contributed by atoms with van der Waals surface area (Å²) in [6.07, 6.45) is 2.54. The van der Waals surface area contributed by atoms with Gasteiger partial charge in [-0.15, -0.1) is 0 Å². The normalized spacial score (nSPS) is 11.8. The molecule has 0 aliphatic rings. The minimum absolute atomic E-state index is 0.321. The highest BCUT2D eigenvalue weighted by Gasteiger charge is 2.21. The lowest BCUT2D eigenvalue weighted by atomic mass is 10.0. The van der Waals surface area contributed by atoms with Crippen LogP contribution in [0.4, 0.5) is 5.69 Å². The summed E-state index contributed by atoms with van der Waals surface area (Å²) in [7, 11) is -3.67. The minimum atomic E-state index is -3.67. The summed E-state index contributed by atoms with van der Waals surface area (Å²) in [6, 6.07) is 12.6. The van der Waals surface area contributed by atoms with Gasteiger partial charge in [-0.1, -0.05) is 55.8 Å². The molecule has 0 aromatic heterocycles. The largest absolute Gasteiger partial charge is 0.271 e. The molecule has 0 heterocycles. The summed E-state index contributed by atoms with van der Waals surface area (Å²) >= 11 is 6.08. The molecule has 2 rings (SSSR count). The van der Waals surface area contributed by atoms with Gasteiger partial charge in [-0.3, -0.25) is 9.10 Å². The van der Waals surface area contributed by atoms with Gasteiger partial charge >= 0.3 is 0 Å². The average molecular weight is 422 g/mol. The van der Waals surface area contributed by atoms with Crippen molar-refractivity contribution in [3.05, 3.63) is 64.2 Å². The number of rotatable bonds is 7. The summed E-state index contributed by atoms with van der Waals surface area (Å²) < 4.78 is 25.2. The van der Waals surface area contributed by atoms with Crippen LogP contribution in [-0.4, -0.2) is 33.3 Å². The molecule has 0 spiro atoms. The van der Waals surface area contributed by atoms with E-state index in [-0.39, 0.29) is 0 Å². The number of aryl methyl sites for hydroxylation is 1. The van der Waals surface area contributed by atoms with E-state index in [1.54, 1.807) is 12.1 Å². The summed E-state index contributed by atoms with van der Waals surface area (Å²) in [5, 5.41) is 4.33. The lowest BCUT2D eigenvalue weighted by molar-refractivity contribution is -0.119. The van der Waals surface area contributed by atoms with Crippen LogP contribution in [0, 0.1) is 6.92 Å². The van der Waals surface area contributed by atoms with Gasteiger partial charge in [-0.2, -0.15) is 5.10 Å². The van der Waals surface area contributed by atoms with Crippen molar-refractivity contribution >= 4 is 39.4 Å². The summed E-state index contributed by atoms with van der Waals surface area (Å²) in [5.41, 5.74) is 5.53. The van der Waals surface area contributed by atoms with Crippen molar-refractivity contribution in [3.8, 4) is 0 Å². The first kappa shape index (κ1) is 21.9. The SMILES string of the molecule is Cc1ccc(N(CC(=O)N/N=C\c2ccc(C(C)C)cc2)S(C)(=O)=O)cc1Cl. The van der Waals surface area contributed by atoms with Crippen LogP contribution in [0.3, 0.4) is 0 Å². The van der Waals surface area contributed by atoms with Crippen molar-refractivity contribution in [2.24, 2.45) is 5.10 Å². The Morgan fingerprint density at radius 2 is 1.86 bits per heavy atom. The number of nitrogens with one attached hydrogen (secondary N) is 1. The number of anilines is 1. The maximum atomic E-state index is 12.2. The molecule has 0 bridgehead atoms. The van der Waals surface area contributed by atoms with Gasteiger partial charge in [-0.25, -0.2) is 13.8 Å². The van der Waals surface area contributed by atoms with E-state index in [0.717, 1.165) is 21.7 Å². The van der Waals surface area contributed by atoms with Crippen molar-refractivity contribution < 1.29 is 13.2 Å². The zero-order chi connectivity index (χ0) is 20.9. The number of hydrazone groups is 1. The first-order chi connectivity index (χ1) is 13.1. The molecule has 150 valence electrons. The van der Waals surface area contributed by atoms with Gasteiger partial charge in [0.2, 0.25) is 10.0 Å². The van der Waals surface area contributed by atoms with Crippen LogP contribution < -0.4 is 9.73 Å². The Labute approximate surface area is 171 Å². The van der Waals surface area contributed by atoms with E-state index < -0.39 is 22.5 Å². The highest BCUT2D eigenvalue weighted by molar-refractivity contribution is 7.92. The van der Waals surface area contributed by atoms with E-state index in [1.807, 2.05) is 31.2 Å². The van der Waals surface area contributed by atoms with Crippen LogP contribution >= 0.6 is 11.6 Å². The fourth-order valence-corrected chi connectivity index (χ4v) is 3.47. The number of hydrogen-bond acceptors (Lipinski definition) is 4. The zero-order valence-electron chi connectivity index (χ0n) is 16.3. The molecule has 0 atom stereocenters. The topological polar surface area (TPSA) is 78.8 Å². The summed E-state index contributed by atoms with van der Waals surface area (Å²) in [5.74, 6) is -0.125. The van der Waals surface area contributed by atoms with Gasteiger partial charge in [0.05, 0.1) is 18.2 Å². The standard InChI is InChI=1S/C20H24ClN3O3S/c1-14(2)17-8-6-16(7-9-17)12-22-23-20(25)13-24(28(4,26)27)18-10-5-15(3)19(21)11-18/h5-12,14H,13H2,1-4H3,(H,23,25)/b22-12-. The second-order valence-electron chi connectivity index (χ2n) is 6.82. The van der Waals surface area contributed by atoms with Gasteiger partial charge in [0.1, 0.15) is 6.54 Å². The molecule has 1 N–H and O–H groups in total. The maximum Gasteiger partial charge on any atom is 0.260 e. The van der Waals surface area contributed by atoms with E-state index in [9.17, 15) is 13.2 Å². The second-order valence-corrected chi connectivity index (χ2v) is 9.13. The molecule has 2 aromatic rings. The Morgan fingerprint density at radius 3 is 2.39 bits per heavy atom. The van der Waals surface area contributed by atoms with E-state index in [1.165, 1.54) is 17.8 Å². The fraction of sp³-hybridized carbons (Fsp3) is 0.300. The Hall–Kier alpha value is -2.38. The number of amides is 1. The molecule has 8 heteroatoms. The van der Waals surface area contributed by atoms with Crippen molar-refractivity contribution in [1.82, 2.24) is 5.43 Å². The number of carbonyl (C=O) groups is 1. The predicted octanol–water partition coefficient (Wildman–Crippen LogP) is 3.69. The Morgan fingerprint density at radius 1 is 1.21 bits per heavy atom. The second kappa shape index (κ2) is 9.21. The third kappa shape index (κ3) is 6.07. The van der Waals surface area contributed by atoms with E-state index in [0.29, 0.717) is 16.6 Å². The van der Waals surface area contributed by atoms with E-state index in [2.05, 4.69) is 24.4 Å². The number of nitrogens with zero attached hydrogens (tertiary/aromatic N) is 2. The lowest BCUT2D eigenvalue weighted by Gasteiger charge is -2.21. The molecule has 0 radical (unpaired) electrons. The number of carbonyl (C=O) groups excluding carboxylic acids is 1. The smallest absolute Gasteiger partial charge is 0.260 e. The molecule has 6 nitrogen and oxygen atoms in total. The summed E-state index contributed by atoms with van der Waals surface area (Å²) in [4.78, 5) is 12.2. The molecule has 0 fully saturated rings. The molecule has 0 unspecified atom stereocenters. The maximum absolute atomic E-state index is 12.2. The lowest BCUT2D eigenvalue weighted by Crippen LogP contribution is -2.39. The molecule has 28 heavy (non-hydrogen) atoms. The Bertz CT molecular complexity index is 971. The van der Waals surface area contributed by atoms with Crippen molar-refractivity contribution in [1.29, 1.82) is 0 Å². The zero-order valence-corrected chi connectivity index (χ0v) is 17.9. The van der Waals surface area contributed by atoms with Crippen LogP contribution in [0.2, 0.25) is 5.02 Å². The van der Waals surface area contributed by atoms with E-state index in [4.69, 9.17) is 11.6 Å². The molecule has 0 aliphatic carbocycles. The third-order valence-electron chi connectivity index (χ3n) is 4.14. The molecular weight excluding hydrogens is 398 g/mol. The molecule has 1 amide bonds. The van der Waals surface area contributed by atoms with Crippen LogP contribution in [0.5, 0.6) is 0 Å². The van der Waals surface area contributed by atoms with Crippen molar-refractivity contribution in [2.75, 3.05) is 17.1 Å². The van der Waals surface area contributed by atoms with Gasteiger partial charge in [0, 0.05) is 5.02 Å². The number of hydrogen-bond donors (Lipinski definition) is 1.